The van der Waals surface area contributed by atoms with Crippen LogP contribution < -0.4 is 15.4 Å². The van der Waals surface area contributed by atoms with Crippen molar-refractivity contribution in [1.82, 2.24) is 24.9 Å². The van der Waals surface area contributed by atoms with Crippen molar-refractivity contribution in [2.75, 3.05) is 19.6 Å². The Morgan fingerprint density at radius 2 is 2.33 bits per heavy atom. The van der Waals surface area contributed by atoms with Crippen LogP contribution in [0, 0.1) is 0 Å². The molecule has 120 valence electrons. The number of nitrogens with one attached hydrogen (secondary N) is 3. The minimum absolute atomic E-state index is 0. The molecular formula is C11H20ClN5O3S. The third kappa shape index (κ3) is 5.27. The highest BCUT2D eigenvalue weighted by atomic mass is 35.5. The summed E-state index contributed by atoms with van der Waals surface area (Å²) in [5.74, 6) is -0.335. The molecule has 0 bridgehead atoms. The number of aryl methyl sites for hydroxylation is 1. The number of rotatable bonds is 5. The van der Waals surface area contributed by atoms with E-state index in [1.54, 1.807) is 7.05 Å². The zero-order chi connectivity index (χ0) is 14.6. The molecule has 8 nitrogen and oxygen atoms in total. The number of aromatic nitrogens is 2. The molecule has 21 heavy (non-hydrogen) atoms. The largest absolute Gasteiger partial charge is 0.351 e. The molecular weight excluding hydrogens is 318 g/mol. The molecule has 0 radical (unpaired) electrons. The van der Waals surface area contributed by atoms with Gasteiger partial charge in [-0.1, -0.05) is 0 Å². The number of piperidine rings is 1. The second-order valence-electron chi connectivity index (χ2n) is 4.81. The number of sulfonamides is 1. The summed E-state index contributed by atoms with van der Waals surface area (Å²) in [5, 5.41) is 5.88. The van der Waals surface area contributed by atoms with E-state index in [-0.39, 0.29) is 35.9 Å². The lowest BCUT2D eigenvalue weighted by atomic mass is 10.1. The molecule has 0 aromatic carbocycles. The molecule has 3 N–H and O–H groups in total. The molecule has 2 rings (SSSR count). The van der Waals surface area contributed by atoms with E-state index >= 15 is 0 Å². The summed E-state index contributed by atoms with van der Waals surface area (Å²) in [5.41, 5.74) is 0. The second-order valence-corrected chi connectivity index (χ2v) is 6.53. The maximum absolute atomic E-state index is 11.9. The third-order valence-electron chi connectivity index (χ3n) is 3.04. The fourth-order valence-corrected chi connectivity index (χ4v) is 2.98. The molecule has 0 spiro atoms. The van der Waals surface area contributed by atoms with Crippen LogP contribution in [0.1, 0.15) is 12.8 Å². The van der Waals surface area contributed by atoms with Gasteiger partial charge in [0.2, 0.25) is 5.91 Å². The predicted molar refractivity (Wildman–Crippen MR) is 79.7 cm³/mol. The molecule has 1 fully saturated rings. The lowest BCUT2D eigenvalue weighted by Gasteiger charge is -2.23. The quantitative estimate of drug-likeness (QED) is 0.638. The van der Waals surface area contributed by atoms with Crippen LogP contribution in [0.25, 0.3) is 0 Å². The molecule has 1 saturated heterocycles. The normalized spacial score (nSPS) is 18.8. The maximum Gasteiger partial charge on any atom is 0.260 e. The van der Waals surface area contributed by atoms with Gasteiger partial charge in [0.1, 0.15) is 0 Å². The highest BCUT2D eigenvalue weighted by molar-refractivity contribution is 7.89. The van der Waals surface area contributed by atoms with E-state index in [0.717, 1.165) is 25.9 Å². The van der Waals surface area contributed by atoms with Crippen LogP contribution in [0.4, 0.5) is 0 Å². The lowest BCUT2D eigenvalue weighted by Crippen LogP contribution is -2.48. The number of carbonyl (C=O) groups excluding carboxylic acids is 1. The van der Waals surface area contributed by atoms with Crippen molar-refractivity contribution in [3.8, 4) is 0 Å². The summed E-state index contributed by atoms with van der Waals surface area (Å²) in [6.45, 7) is 1.40. The third-order valence-corrected chi connectivity index (χ3v) is 4.33. The first-order chi connectivity index (χ1) is 9.47. The summed E-state index contributed by atoms with van der Waals surface area (Å²) in [6.07, 6.45) is 4.68. The second kappa shape index (κ2) is 7.74. The van der Waals surface area contributed by atoms with Gasteiger partial charge in [-0.05, 0) is 19.4 Å². The van der Waals surface area contributed by atoms with Crippen LogP contribution in [-0.2, 0) is 21.9 Å². The molecule has 1 aliphatic rings. The average Bonchev–Trinajstić information content (AvgIpc) is 2.85. The van der Waals surface area contributed by atoms with E-state index in [4.69, 9.17) is 0 Å². The molecule has 2 heterocycles. The maximum atomic E-state index is 11.9. The van der Waals surface area contributed by atoms with Gasteiger partial charge in [-0.25, -0.2) is 18.1 Å². The SMILES string of the molecule is Cl.Cn1cnc(S(=O)(=O)NCC(=O)N[C@H]2CCCNC2)c1. The molecule has 0 saturated carbocycles. The van der Waals surface area contributed by atoms with Gasteiger partial charge in [0.15, 0.2) is 5.03 Å². The van der Waals surface area contributed by atoms with Crippen molar-refractivity contribution in [1.29, 1.82) is 0 Å². The molecule has 0 aliphatic carbocycles. The Morgan fingerprint density at radius 1 is 1.57 bits per heavy atom. The van der Waals surface area contributed by atoms with Crippen LogP contribution in [0.5, 0.6) is 0 Å². The first-order valence-electron chi connectivity index (χ1n) is 6.45. The van der Waals surface area contributed by atoms with Crippen molar-refractivity contribution in [2.24, 2.45) is 7.05 Å². The first kappa shape index (κ1) is 17.9. The zero-order valence-corrected chi connectivity index (χ0v) is 13.3. The molecule has 0 unspecified atom stereocenters. The molecule has 10 heteroatoms. The number of halogens is 1. The van der Waals surface area contributed by atoms with Gasteiger partial charge in [-0.3, -0.25) is 4.79 Å². The Morgan fingerprint density at radius 3 is 2.90 bits per heavy atom. The van der Waals surface area contributed by atoms with Crippen molar-refractivity contribution < 1.29 is 13.2 Å². The Balaban J connectivity index is 0.00000220. The zero-order valence-electron chi connectivity index (χ0n) is 11.7. The summed E-state index contributed by atoms with van der Waals surface area (Å²) in [6, 6.07) is 0.0654. The molecule has 1 aromatic heterocycles. The van der Waals surface area contributed by atoms with E-state index in [9.17, 15) is 13.2 Å². The predicted octanol–water partition coefficient (Wildman–Crippen LogP) is -1.01. The van der Waals surface area contributed by atoms with Crippen molar-refractivity contribution in [2.45, 2.75) is 23.9 Å². The molecule has 1 aliphatic heterocycles. The topological polar surface area (TPSA) is 105 Å². The molecule has 1 aromatic rings. The Labute approximate surface area is 130 Å². The van der Waals surface area contributed by atoms with E-state index in [0.29, 0.717) is 0 Å². The Bertz CT molecular complexity index is 568. The van der Waals surface area contributed by atoms with Crippen molar-refractivity contribution in [3.05, 3.63) is 12.5 Å². The number of nitrogens with zero attached hydrogens (tertiary/aromatic N) is 2. The van der Waals surface area contributed by atoms with E-state index in [2.05, 4.69) is 20.3 Å². The Hall–Kier alpha value is -1.16. The van der Waals surface area contributed by atoms with Crippen LogP contribution in [0.3, 0.4) is 0 Å². The van der Waals surface area contributed by atoms with Crippen molar-refractivity contribution >= 4 is 28.3 Å². The number of hydrogen-bond donors (Lipinski definition) is 3. The van der Waals surface area contributed by atoms with Gasteiger partial charge in [0, 0.05) is 25.8 Å². The fraction of sp³-hybridized carbons (Fsp3) is 0.636. The lowest BCUT2D eigenvalue weighted by molar-refractivity contribution is -0.120. The standard InChI is InChI=1S/C11H19N5O3S.ClH/c1-16-7-11(13-8-16)20(18,19)14-6-10(17)15-9-3-2-4-12-5-9;/h7-9,12,14H,2-6H2,1H3,(H,15,17);1H/t9-;/m0./s1. The number of amides is 1. The number of carbonyl (C=O) groups is 1. The monoisotopic (exact) mass is 337 g/mol. The minimum Gasteiger partial charge on any atom is -0.351 e. The summed E-state index contributed by atoms with van der Waals surface area (Å²) in [4.78, 5) is 15.5. The van der Waals surface area contributed by atoms with Crippen LogP contribution in [0.15, 0.2) is 17.6 Å². The van der Waals surface area contributed by atoms with E-state index in [1.807, 2.05) is 0 Å². The summed E-state index contributed by atoms with van der Waals surface area (Å²) < 4.78 is 27.5. The smallest absolute Gasteiger partial charge is 0.260 e. The summed E-state index contributed by atoms with van der Waals surface area (Å²) in [7, 11) is -2.06. The van der Waals surface area contributed by atoms with Crippen LogP contribution in [0.2, 0.25) is 0 Å². The van der Waals surface area contributed by atoms with E-state index < -0.39 is 10.0 Å². The molecule has 1 amide bonds. The Kier molecular flexibility index (Phi) is 6.59. The number of hydrogen-bond acceptors (Lipinski definition) is 5. The highest BCUT2D eigenvalue weighted by Crippen LogP contribution is 2.03. The first-order valence-corrected chi connectivity index (χ1v) is 7.93. The van der Waals surface area contributed by atoms with Gasteiger partial charge in [0.25, 0.3) is 10.0 Å². The van der Waals surface area contributed by atoms with Crippen molar-refractivity contribution in [3.63, 3.8) is 0 Å². The van der Waals surface area contributed by atoms with Crippen LogP contribution >= 0.6 is 12.4 Å². The van der Waals surface area contributed by atoms with E-state index in [1.165, 1.54) is 17.1 Å². The van der Waals surface area contributed by atoms with Crippen LogP contribution in [-0.4, -0.2) is 49.6 Å². The average molecular weight is 338 g/mol. The van der Waals surface area contributed by atoms with Gasteiger partial charge in [-0.15, -0.1) is 12.4 Å². The van der Waals surface area contributed by atoms with Gasteiger partial charge >= 0.3 is 0 Å². The van der Waals surface area contributed by atoms with Gasteiger partial charge in [0.05, 0.1) is 12.9 Å². The fourth-order valence-electron chi connectivity index (χ4n) is 2.02. The van der Waals surface area contributed by atoms with Gasteiger partial charge < -0.3 is 15.2 Å². The van der Waals surface area contributed by atoms with Gasteiger partial charge in [-0.2, -0.15) is 0 Å². The minimum atomic E-state index is -3.73. The molecule has 1 atom stereocenters. The highest BCUT2D eigenvalue weighted by Gasteiger charge is 2.20. The summed E-state index contributed by atoms with van der Waals surface area (Å²) >= 11 is 0. The number of imidazole rings is 1.